The van der Waals surface area contributed by atoms with Gasteiger partial charge in [0.2, 0.25) is 0 Å². The third-order valence-electron chi connectivity index (χ3n) is 1.31. The summed E-state index contributed by atoms with van der Waals surface area (Å²) in [6.45, 7) is 4.02. The normalized spacial score (nSPS) is 12.6. The van der Waals surface area contributed by atoms with E-state index in [2.05, 4.69) is 22.9 Å². The van der Waals surface area contributed by atoms with Crippen LogP contribution in [0.15, 0.2) is 0 Å². The maximum Gasteiger partial charge on any atom is 0.306 e. The van der Waals surface area contributed by atoms with Crippen molar-refractivity contribution in [2.24, 2.45) is 0 Å². The van der Waals surface area contributed by atoms with Crippen molar-refractivity contribution in [1.29, 1.82) is 0 Å². The van der Waals surface area contributed by atoms with Crippen LogP contribution < -0.4 is 0 Å². The lowest BCUT2D eigenvalue weighted by atomic mass is 10.2. The molecule has 1 unspecified atom stereocenters. The van der Waals surface area contributed by atoms with Crippen molar-refractivity contribution >= 4 is 21.9 Å². The van der Waals surface area contributed by atoms with Crippen LogP contribution in [0.4, 0.5) is 0 Å². The van der Waals surface area contributed by atoms with E-state index in [-0.39, 0.29) is 11.0 Å². The summed E-state index contributed by atoms with van der Waals surface area (Å²) in [7, 11) is 0. The average molecular weight is 223 g/mol. The maximum absolute atomic E-state index is 10.9. The lowest BCUT2D eigenvalue weighted by molar-refractivity contribution is -0.145. The molecule has 0 bridgehead atoms. The molecule has 0 N–H and O–H groups in total. The van der Waals surface area contributed by atoms with Gasteiger partial charge in [-0.25, -0.2) is 0 Å². The summed E-state index contributed by atoms with van der Waals surface area (Å²) in [6.07, 6.45) is 3.31. The SMILES string of the molecule is CCCCC(=O)OC(Br)CC. The molecule has 0 aliphatic carbocycles. The molecular formula is C8H15BrO2. The molecule has 66 valence electrons. The first-order chi connectivity index (χ1) is 5.20. The molecule has 0 saturated heterocycles. The second-order valence-electron chi connectivity index (χ2n) is 2.41. The number of carbonyl (C=O) groups excluding carboxylic acids is 1. The summed E-state index contributed by atoms with van der Waals surface area (Å²) >= 11 is 3.23. The second kappa shape index (κ2) is 6.65. The van der Waals surface area contributed by atoms with Gasteiger partial charge in [-0.15, -0.1) is 0 Å². The highest BCUT2D eigenvalue weighted by atomic mass is 79.9. The van der Waals surface area contributed by atoms with Crippen LogP contribution in [0.25, 0.3) is 0 Å². The van der Waals surface area contributed by atoms with Gasteiger partial charge in [0.05, 0.1) is 0 Å². The number of ether oxygens (including phenoxy) is 1. The van der Waals surface area contributed by atoms with Gasteiger partial charge < -0.3 is 4.74 Å². The van der Waals surface area contributed by atoms with E-state index in [1.54, 1.807) is 0 Å². The summed E-state index contributed by atoms with van der Waals surface area (Å²) in [4.78, 5) is 10.9. The molecule has 0 aliphatic heterocycles. The molecule has 1 atom stereocenters. The molecule has 2 nitrogen and oxygen atoms in total. The zero-order valence-corrected chi connectivity index (χ0v) is 8.69. The largest absolute Gasteiger partial charge is 0.451 e. The molecule has 0 fully saturated rings. The molecule has 11 heavy (non-hydrogen) atoms. The number of hydrogen-bond acceptors (Lipinski definition) is 2. The maximum atomic E-state index is 10.9. The lowest BCUT2D eigenvalue weighted by Crippen LogP contribution is -2.10. The minimum atomic E-state index is -0.105. The molecule has 0 radical (unpaired) electrons. The Morgan fingerprint density at radius 3 is 2.64 bits per heavy atom. The van der Waals surface area contributed by atoms with Crippen molar-refractivity contribution in [3.63, 3.8) is 0 Å². The molecule has 0 aliphatic rings. The first kappa shape index (κ1) is 11.0. The van der Waals surface area contributed by atoms with Crippen molar-refractivity contribution in [2.45, 2.75) is 44.5 Å². The van der Waals surface area contributed by atoms with Crippen molar-refractivity contribution < 1.29 is 9.53 Å². The van der Waals surface area contributed by atoms with Crippen LogP contribution in [0.3, 0.4) is 0 Å². The monoisotopic (exact) mass is 222 g/mol. The Labute approximate surface area is 76.4 Å². The summed E-state index contributed by atoms with van der Waals surface area (Å²) in [5, 5.41) is -0.105. The van der Waals surface area contributed by atoms with Crippen LogP contribution in [0.5, 0.6) is 0 Å². The van der Waals surface area contributed by atoms with Crippen molar-refractivity contribution in [3.05, 3.63) is 0 Å². The van der Waals surface area contributed by atoms with Crippen LogP contribution >= 0.6 is 15.9 Å². The van der Waals surface area contributed by atoms with Crippen LogP contribution in [0.1, 0.15) is 39.5 Å². The molecule has 0 aromatic rings. The second-order valence-corrected chi connectivity index (χ2v) is 3.43. The Morgan fingerprint density at radius 2 is 2.18 bits per heavy atom. The van der Waals surface area contributed by atoms with Gasteiger partial charge in [0.15, 0.2) is 5.01 Å². The first-order valence-corrected chi connectivity index (χ1v) is 4.95. The first-order valence-electron chi connectivity index (χ1n) is 4.04. The summed E-state index contributed by atoms with van der Waals surface area (Å²) in [5.41, 5.74) is 0. The Hall–Kier alpha value is -0.0500. The number of halogens is 1. The number of carbonyl (C=O) groups is 1. The van der Waals surface area contributed by atoms with Gasteiger partial charge in [-0.1, -0.05) is 20.3 Å². The predicted molar refractivity (Wildman–Crippen MR) is 48.6 cm³/mol. The highest BCUT2D eigenvalue weighted by molar-refractivity contribution is 9.09. The van der Waals surface area contributed by atoms with Gasteiger partial charge in [-0.2, -0.15) is 0 Å². The quantitative estimate of drug-likeness (QED) is 0.529. The molecule has 0 spiro atoms. The van der Waals surface area contributed by atoms with Crippen molar-refractivity contribution in [2.75, 3.05) is 0 Å². The fourth-order valence-electron chi connectivity index (χ4n) is 0.606. The fraction of sp³-hybridized carbons (Fsp3) is 0.875. The minimum Gasteiger partial charge on any atom is -0.451 e. The van der Waals surface area contributed by atoms with E-state index in [0.29, 0.717) is 6.42 Å². The van der Waals surface area contributed by atoms with E-state index >= 15 is 0 Å². The summed E-state index contributed by atoms with van der Waals surface area (Å²) in [6, 6.07) is 0. The average Bonchev–Trinajstić information content (AvgIpc) is 2.00. The van der Waals surface area contributed by atoms with Gasteiger partial charge in [-0.05, 0) is 28.8 Å². The molecule has 0 amide bonds. The number of rotatable bonds is 5. The van der Waals surface area contributed by atoms with Crippen LogP contribution in [-0.4, -0.2) is 11.0 Å². The molecule has 0 heterocycles. The highest BCUT2D eigenvalue weighted by Crippen LogP contribution is 2.08. The molecule has 0 saturated carbocycles. The smallest absolute Gasteiger partial charge is 0.306 e. The molecule has 0 aromatic carbocycles. The Morgan fingerprint density at radius 1 is 1.55 bits per heavy atom. The van der Waals surface area contributed by atoms with Crippen molar-refractivity contribution in [3.8, 4) is 0 Å². The number of alkyl halides is 1. The zero-order chi connectivity index (χ0) is 8.69. The van der Waals surface area contributed by atoms with Gasteiger partial charge in [0.25, 0.3) is 0 Å². The topological polar surface area (TPSA) is 26.3 Å². The molecule has 0 rings (SSSR count). The molecule has 0 aromatic heterocycles. The molecule has 3 heteroatoms. The third-order valence-corrected chi connectivity index (χ3v) is 2.15. The highest BCUT2D eigenvalue weighted by Gasteiger charge is 2.06. The summed E-state index contributed by atoms with van der Waals surface area (Å²) in [5.74, 6) is -0.101. The third kappa shape index (κ3) is 6.35. The number of hydrogen-bond donors (Lipinski definition) is 0. The standard InChI is InChI=1S/C8H15BrO2/c1-3-5-6-8(10)11-7(9)4-2/h7H,3-6H2,1-2H3. The van der Waals surface area contributed by atoms with E-state index in [0.717, 1.165) is 19.3 Å². The van der Waals surface area contributed by atoms with E-state index in [1.165, 1.54) is 0 Å². The Bertz CT molecular complexity index is 115. The lowest BCUT2D eigenvalue weighted by Gasteiger charge is -2.07. The van der Waals surface area contributed by atoms with E-state index in [4.69, 9.17) is 4.74 Å². The predicted octanol–water partition coefficient (Wildman–Crippen LogP) is 2.85. The van der Waals surface area contributed by atoms with Gasteiger partial charge in [0, 0.05) is 6.42 Å². The van der Waals surface area contributed by atoms with E-state index in [9.17, 15) is 4.79 Å². The Kier molecular flexibility index (Phi) is 6.62. The van der Waals surface area contributed by atoms with Gasteiger partial charge in [-0.3, -0.25) is 4.79 Å². The zero-order valence-electron chi connectivity index (χ0n) is 7.10. The number of unbranched alkanes of at least 4 members (excludes halogenated alkanes) is 1. The van der Waals surface area contributed by atoms with Gasteiger partial charge >= 0.3 is 5.97 Å². The molecular weight excluding hydrogens is 208 g/mol. The number of esters is 1. The fourth-order valence-corrected chi connectivity index (χ4v) is 0.814. The Balaban J connectivity index is 3.36. The summed E-state index contributed by atoms with van der Waals surface area (Å²) < 4.78 is 4.98. The van der Waals surface area contributed by atoms with Gasteiger partial charge in [0.1, 0.15) is 0 Å². The van der Waals surface area contributed by atoms with Crippen molar-refractivity contribution in [1.82, 2.24) is 0 Å². The van der Waals surface area contributed by atoms with E-state index in [1.807, 2.05) is 6.92 Å². The van der Waals surface area contributed by atoms with Crippen LogP contribution in [0, 0.1) is 0 Å². The van der Waals surface area contributed by atoms with Crippen LogP contribution in [-0.2, 0) is 9.53 Å². The van der Waals surface area contributed by atoms with E-state index < -0.39 is 0 Å². The van der Waals surface area contributed by atoms with Crippen LogP contribution in [0.2, 0.25) is 0 Å². The minimum absolute atomic E-state index is 0.101.